The van der Waals surface area contributed by atoms with Gasteiger partial charge in [0, 0.05) is 24.5 Å². The lowest BCUT2D eigenvalue weighted by Crippen LogP contribution is -2.53. The normalized spacial score (nSPS) is 12.2. The molecule has 39 heavy (non-hydrogen) atoms. The number of amides is 2. The van der Waals surface area contributed by atoms with Crippen LogP contribution in [0.15, 0.2) is 78.9 Å². The summed E-state index contributed by atoms with van der Waals surface area (Å²) in [6.07, 6.45) is 1.34. The van der Waals surface area contributed by atoms with Gasteiger partial charge in [0.05, 0.1) is 11.9 Å². The lowest BCUT2D eigenvalue weighted by molar-refractivity contribution is -0.140. The summed E-state index contributed by atoms with van der Waals surface area (Å²) in [5, 5.41) is 3.47. The smallest absolute Gasteiger partial charge is 0.244 e. The fourth-order valence-electron chi connectivity index (χ4n) is 4.25. The predicted octanol–water partition coefficient (Wildman–Crippen LogP) is 4.83. The topological polar surface area (TPSA) is 86.8 Å². The van der Waals surface area contributed by atoms with Gasteiger partial charge in [0.15, 0.2) is 0 Å². The molecule has 0 fully saturated rings. The molecule has 0 aliphatic rings. The minimum atomic E-state index is -3.81. The molecule has 0 radical (unpaired) electrons. The third-order valence-corrected chi connectivity index (χ3v) is 7.62. The van der Waals surface area contributed by atoms with E-state index in [0.29, 0.717) is 22.8 Å². The van der Waals surface area contributed by atoms with Crippen LogP contribution in [0.3, 0.4) is 0 Å². The van der Waals surface area contributed by atoms with Gasteiger partial charge in [-0.25, -0.2) is 8.42 Å². The molecule has 208 valence electrons. The standard InChI is InChI=1S/C30H36ClN3O4S/c1-22(2)19-32-30(36)28(18-24-12-6-5-7-13-24)33(20-25-14-10-15-26(31)17-25)29(35)21-34(39(4,37)38)27-16-9-8-11-23(27)3/h5-17,22,28H,18-21H2,1-4H3,(H,32,36)/t28-/m1/s1. The van der Waals surface area contributed by atoms with Gasteiger partial charge in [-0.05, 0) is 47.7 Å². The number of halogens is 1. The van der Waals surface area contributed by atoms with Gasteiger partial charge >= 0.3 is 0 Å². The van der Waals surface area contributed by atoms with E-state index in [0.717, 1.165) is 21.7 Å². The Kier molecular flexibility index (Phi) is 10.5. The molecule has 9 heteroatoms. The first-order chi connectivity index (χ1) is 18.5. The van der Waals surface area contributed by atoms with Gasteiger partial charge in [0.1, 0.15) is 12.6 Å². The van der Waals surface area contributed by atoms with E-state index in [1.807, 2.05) is 56.3 Å². The Morgan fingerprint density at radius 1 is 0.923 bits per heavy atom. The number of carbonyl (C=O) groups excluding carboxylic acids is 2. The maximum absolute atomic E-state index is 14.1. The number of rotatable bonds is 12. The van der Waals surface area contributed by atoms with E-state index in [-0.39, 0.29) is 24.8 Å². The number of benzene rings is 3. The summed E-state index contributed by atoms with van der Waals surface area (Å²) in [4.78, 5) is 29.1. The highest BCUT2D eigenvalue weighted by Crippen LogP contribution is 2.24. The van der Waals surface area contributed by atoms with Crippen LogP contribution in [0.5, 0.6) is 0 Å². The molecule has 1 N–H and O–H groups in total. The van der Waals surface area contributed by atoms with Crippen molar-refractivity contribution >= 4 is 39.1 Å². The van der Waals surface area contributed by atoms with Crippen LogP contribution in [0, 0.1) is 12.8 Å². The lowest BCUT2D eigenvalue weighted by atomic mass is 10.0. The molecular formula is C30H36ClN3O4S. The van der Waals surface area contributed by atoms with Crippen LogP contribution in [-0.2, 0) is 32.6 Å². The number of aryl methyl sites for hydroxylation is 1. The number of hydrogen-bond acceptors (Lipinski definition) is 4. The van der Waals surface area contributed by atoms with Crippen LogP contribution < -0.4 is 9.62 Å². The number of anilines is 1. The fraction of sp³-hybridized carbons (Fsp3) is 0.333. The maximum Gasteiger partial charge on any atom is 0.244 e. The van der Waals surface area contributed by atoms with Crippen molar-refractivity contribution in [3.05, 3.63) is 101 Å². The van der Waals surface area contributed by atoms with Gasteiger partial charge in [0.25, 0.3) is 0 Å². The minimum absolute atomic E-state index is 0.0807. The Morgan fingerprint density at radius 2 is 1.56 bits per heavy atom. The Hall–Kier alpha value is -3.36. The quantitative estimate of drug-likeness (QED) is 0.338. The first-order valence-corrected chi connectivity index (χ1v) is 15.1. The molecule has 0 bridgehead atoms. The van der Waals surface area contributed by atoms with Crippen molar-refractivity contribution in [2.45, 2.75) is 39.8 Å². The lowest BCUT2D eigenvalue weighted by Gasteiger charge is -2.34. The van der Waals surface area contributed by atoms with Gasteiger partial charge in [0.2, 0.25) is 21.8 Å². The molecule has 0 aliphatic carbocycles. The van der Waals surface area contributed by atoms with Gasteiger partial charge in [-0.1, -0.05) is 86.1 Å². The first kappa shape index (κ1) is 30.2. The average Bonchev–Trinajstić information content (AvgIpc) is 2.88. The Labute approximate surface area is 236 Å². The highest BCUT2D eigenvalue weighted by Gasteiger charge is 2.33. The first-order valence-electron chi connectivity index (χ1n) is 12.8. The van der Waals surface area contributed by atoms with E-state index in [2.05, 4.69) is 5.32 Å². The minimum Gasteiger partial charge on any atom is -0.354 e. The third kappa shape index (κ3) is 8.83. The highest BCUT2D eigenvalue weighted by molar-refractivity contribution is 7.92. The molecule has 0 spiro atoms. The molecule has 3 rings (SSSR count). The van der Waals surface area contributed by atoms with Crippen molar-refractivity contribution in [3.8, 4) is 0 Å². The van der Waals surface area contributed by atoms with Crippen molar-refractivity contribution in [2.24, 2.45) is 5.92 Å². The average molecular weight is 570 g/mol. The predicted molar refractivity (Wildman–Crippen MR) is 157 cm³/mol. The van der Waals surface area contributed by atoms with E-state index in [9.17, 15) is 18.0 Å². The summed E-state index contributed by atoms with van der Waals surface area (Å²) in [5.41, 5.74) is 2.74. The molecular weight excluding hydrogens is 534 g/mol. The summed E-state index contributed by atoms with van der Waals surface area (Å²) in [6.45, 7) is 5.85. The summed E-state index contributed by atoms with van der Waals surface area (Å²) < 4.78 is 26.9. The van der Waals surface area contributed by atoms with E-state index < -0.39 is 28.5 Å². The van der Waals surface area contributed by atoms with Crippen LogP contribution in [0.2, 0.25) is 5.02 Å². The third-order valence-electron chi connectivity index (χ3n) is 6.26. The maximum atomic E-state index is 14.1. The van der Waals surface area contributed by atoms with E-state index in [1.54, 1.807) is 43.3 Å². The van der Waals surface area contributed by atoms with Gasteiger partial charge in [-0.3, -0.25) is 13.9 Å². The van der Waals surface area contributed by atoms with Crippen molar-refractivity contribution in [2.75, 3.05) is 23.7 Å². The Balaban J connectivity index is 2.05. The second-order valence-electron chi connectivity index (χ2n) is 10.1. The monoisotopic (exact) mass is 569 g/mol. The van der Waals surface area contributed by atoms with Gasteiger partial charge < -0.3 is 10.2 Å². The molecule has 0 aliphatic heterocycles. The zero-order valence-corrected chi connectivity index (χ0v) is 24.4. The summed E-state index contributed by atoms with van der Waals surface area (Å²) in [6, 6.07) is 22.6. The molecule has 0 saturated carbocycles. The zero-order chi connectivity index (χ0) is 28.6. The fourth-order valence-corrected chi connectivity index (χ4v) is 5.37. The largest absolute Gasteiger partial charge is 0.354 e. The number of nitrogens with zero attached hydrogens (tertiary/aromatic N) is 2. The number of sulfonamides is 1. The number of nitrogens with one attached hydrogen (secondary N) is 1. The zero-order valence-electron chi connectivity index (χ0n) is 22.8. The molecule has 3 aromatic rings. The second kappa shape index (κ2) is 13.6. The van der Waals surface area contributed by atoms with Crippen molar-refractivity contribution in [1.29, 1.82) is 0 Å². The molecule has 2 amide bonds. The van der Waals surface area contributed by atoms with E-state index in [4.69, 9.17) is 11.6 Å². The Morgan fingerprint density at radius 3 is 2.18 bits per heavy atom. The summed E-state index contributed by atoms with van der Waals surface area (Å²) in [5.74, 6) is -0.584. The van der Waals surface area contributed by atoms with E-state index in [1.165, 1.54) is 4.90 Å². The van der Waals surface area contributed by atoms with E-state index >= 15 is 0 Å². The molecule has 0 saturated heterocycles. The number of para-hydroxylation sites is 1. The second-order valence-corrected chi connectivity index (χ2v) is 12.4. The molecule has 3 aromatic carbocycles. The van der Waals surface area contributed by atoms with Crippen molar-refractivity contribution in [3.63, 3.8) is 0 Å². The van der Waals surface area contributed by atoms with Crippen molar-refractivity contribution < 1.29 is 18.0 Å². The number of hydrogen-bond donors (Lipinski definition) is 1. The molecule has 0 aromatic heterocycles. The van der Waals surface area contributed by atoms with Crippen LogP contribution in [-0.4, -0.2) is 50.5 Å². The van der Waals surface area contributed by atoms with Crippen LogP contribution in [0.1, 0.15) is 30.5 Å². The molecule has 7 nitrogen and oxygen atoms in total. The van der Waals surface area contributed by atoms with Crippen molar-refractivity contribution in [1.82, 2.24) is 10.2 Å². The van der Waals surface area contributed by atoms with Crippen LogP contribution in [0.4, 0.5) is 5.69 Å². The molecule has 0 heterocycles. The van der Waals surface area contributed by atoms with Gasteiger partial charge in [-0.15, -0.1) is 0 Å². The summed E-state index contributed by atoms with van der Waals surface area (Å²) in [7, 11) is -3.81. The Bertz CT molecular complexity index is 1380. The van der Waals surface area contributed by atoms with Gasteiger partial charge in [-0.2, -0.15) is 0 Å². The summed E-state index contributed by atoms with van der Waals surface area (Å²) >= 11 is 6.24. The number of carbonyl (C=O) groups is 2. The van der Waals surface area contributed by atoms with Crippen LogP contribution in [0.25, 0.3) is 0 Å². The SMILES string of the molecule is Cc1ccccc1N(CC(=O)N(Cc1cccc(Cl)c1)[C@H](Cc1ccccc1)C(=O)NCC(C)C)S(C)(=O)=O. The highest BCUT2D eigenvalue weighted by atomic mass is 35.5. The molecule has 0 unspecified atom stereocenters. The molecule has 1 atom stereocenters. The van der Waals surface area contributed by atoms with Crippen LogP contribution >= 0.6 is 11.6 Å².